The summed E-state index contributed by atoms with van der Waals surface area (Å²) in [5.74, 6) is 0.870. The molecule has 3 aromatic carbocycles. The maximum Gasteiger partial charge on any atom is 0.338 e. The second-order valence-corrected chi connectivity index (χ2v) is 10.1. The average Bonchev–Trinajstić information content (AvgIpc) is 2.94. The molecule has 39 heavy (non-hydrogen) atoms. The number of aryl methyl sites for hydroxylation is 1. The summed E-state index contributed by atoms with van der Waals surface area (Å²) in [4.78, 5) is 15.8. The van der Waals surface area contributed by atoms with Crippen molar-refractivity contribution in [3.05, 3.63) is 101 Å². The summed E-state index contributed by atoms with van der Waals surface area (Å²) >= 11 is 6.16. The van der Waals surface area contributed by atoms with Crippen LogP contribution < -0.4 is 10.5 Å². The molecule has 210 valence electrons. The Bertz CT molecular complexity index is 1120. The fourth-order valence-electron chi connectivity index (χ4n) is 4.89. The van der Waals surface area contributed by atoms with Crippen molar-refractivity contribution in [1.82, 2.24) is 14.9 Å². The van der Waals surface area contributed by atoms with Gasteiger partial charge in [0, 0.05) is 37.7 Å². The monoisotopic (exact) mass is 552 g/mol. The van der Waals surface area contributed by atoms with Gasteiger partial charge in [-0.05, 0) is 60.2 Å². The Kier molecular flexibility index (Phi) is 12.1. The van der Waals surface area contributed by atoms with Gasteiger partial charge in [-0.1, -0.05) is 73.6 Å². The van der Waals surface area contributed by atoms with Gasteiger partial charge in [0.25, 0.3) is 0 Å². The van der Waals surface area contributed by atoms with Gasteiger partial charge in [0.2, 0.25) is 0 Å². The highest BCUT2D eigenvalue weighted by atomic mass is 35.5. The molecule has 1 atom stereocenters. The number of nitrogens with zero attached hydrogens (tertiary/aromatic N) is 3. The van der Waals surface area contributed by atoms with Crippen molar-refractivity contribution < 1.29 is 14.7 Å². The van der Waals surface area contributed by atoms with Crippen molar-refractivity contribution in [2.75, 3.05) is 45.9 Å². The SMILES string of the molecule is C.NC(=O)N(O)CCCCc1ccc(OCCN2CCN([C@H](c3ccccc3)c3ccc(Cl)cc3)CC2)cc1. The van der Waals surface area contributed by atoms with Crippen LogP contribution in [0.3, 0.4) is 0 Å². The van der Waals surface area contributed by atoms with Crippen LogP contribution in [0.2, 0.25) is 5.02 Å². The number of ether oxygens (including phenoxy) is 1. The Hall–Kier alpha value is -3.10. The first-order valence-corrected chi connectivity index (χ1v) is 13.6. The molecule has 0 saturated carbocycles. The van der Waals surface area contributed by atoms with Crippen molar-refractivity contribution in [2.45, 2.75) is 32.7 Å². The largest absolute Gasteiger partial charge is 0.492 e. The number of rotatable bonds is 12. The molecule has 7 nitrogen and oxygen atoms in total. The third-order valence-corrected chi connectivity index (χ3v) is 7.26. The van der Waals surface area contributed by atoms with Crippen LogP contribution in [0.25, 0.3) is 0 Å². The zero-order valence-electron chi connectivity index (χ0n) is 21.7. The maximum atomic E-state index is 10.8. The van der Waals surface area contributed by atoms with Gasteiger partial charge in [-0.2, -0.15) is 0 Å². The van der Waals surface area contributed by atoms with E-state index in [0.717, 1.165) is 56.3 Å². The van der Waals surface area contributed by atoms with Gasteiger partial charge in [-0.15, -0.1) is 0 Å². The summed E-state index contributed by atoms with van der Waals surface area (Å²) in [5, 5.41) is 10.6. The minimum absolute atomic E-state index is 0. The first-order valence-electron chi connectivity index (χ1n) is 13.2. The van der Waals surface area contributed by atoms with Crippen molar-refractivity contribution in [3.8, 4) is 5.75 Å². The minimum atomic E-state index is -0.817. The van der Waals surface area contributed by atoms with Gasteiger partial charge < -0.3 is 10.5 Å². The number of nitrogens with two attached hydrogens (primary N) is 1. The van der Waals surface area contributed by atoms with Crippen LogP contribution in [-0.4, -0.2) is 72.0 Å². The number of halogens is 1. The molecule has 0 unspecified atom stereocenters. The molecule has 1 fully saturated rings. The van der Waals surface area contributed by atoms with Gasteiger partial charge >= 0.3 is 6.03 Å². The van der Waals surface area contributed by atoms with Crippen LogP contribution in [0.4, 0.5) is 4.79 Å². The Morgan fingerprint density at radius 3 is 2.21 bits per heavy atom. The fraction of sp³-hybridized carbons (Fsp3) is 0.387. The predicted molar refractivity (Wildman–Crippen MR) is 157 cm³/mol. The average molecular weight is 553 g/mol. The highest BCUT2D eigenvalue weighted by Gasteiger charge is 2.26. The molecule has 0 aromatic heterocycles. The molecule has 2 amide bonds. The summed E-state index contributed by atoms with van der Waals surface area (Å²) < 4.78 is 6.01. The Morgan fingerprint density at radius 2 is 1.56 bits per heavy atom. The molecule has 1 heterocycles. The number of hydroxylamine groups is 2. The third kappa shape index (κ3) is 9.25. The second-order valence-electron chi connectivity index (χ2n) is 9.65. The van der Waals surface area contributed by atoms with Gasteiger partial charge in [0.05, 0.1) is 12.6 Å². The number of benzene rings is 3. The van der Waals surface area contributed by atoms with Crippen molar-refractivity contribution >= 4 is 17.6 Å². The number of urea groups is 1. The van der Waals surface area contributed by atoms with Crippen LogP contribution in [0.1, 0.15) is 43.0 Å². The molecule has 4 rings (SSSR count). The lowest BCUT2D eigenvalue weighted by Gasteiger charge is -2.39. The first-order chi connectivity index (χ1) is 18.5. The first kappa shape index (κ1) is 30.4. The van der Waals surface area contributed by atoms with E-state index in [1.807, 2.05) is 24.3 Å². The van der Waals surface area contributed by atoms with E-state index in [1.165, 1.54) is 16.7 Å². The summed E-state index contributed by atoms with van der Waals surface area (Å²) in [6.07, 6.45) is 2.42. The topological polar surface area (TPSA) is 82.3 Å². The summed E-state index contributed by atoms with van der Waals surface area (Å²) in [6.45, 7) is 5.77. The highest BCUT2D eigenvalue weighted by molar-refractivity contribution is 6.30. The van der Waals surface area contributed by atoms with Crippen LogP contribution in [-0.2, 0) is 6.42 Å². The van der Waals surface area contributed by atoms with Crippen LogP contribution in [0, 0.1) is 0 Å². The number of unbranched alkanes of at least 4 members (excludes halogenated alkanes) is 1. The van der Waals surface area contributed by atoms with Crippen LogP contribution in [0.5, 0.6) is 5.75 Å². The lowest BCUT2D eigenvalue weighted by Crippen LogP contribution is -2.48. The zero-order valence-corrected chi connectivity index (χ0v) is 22.5. The molecule has 0 spiro atoms. The third-order valence-electron chi connectivity index (χ3n) is 7.01. The Labute approximate surface area is 237 Å². The maximum absolute atomic E-state index is 10.8. The smallest absolute Gasteiger partial charge is 0.338 e. The van der Waals surface area contributed by atoms with E-state index in [0.29, 0.717) is 18.1 Å². The van der Waals surface area contributed by atoms with Crippen molar-refractivity contribution in [1.29, 1.82) is 0 Å². The van der Waals surface area contributed by atoms with E-state index in [2.05, 4.69) is 64.4 Å². The van der Waals surface area contributed by atoms with E-state index in [4.69, 9.17) is 22.1 Å². The van der Waals surface area contributed by atoms with Crippen LogP contribution in [0.15, 0.2) is 78.9 Å². The van der Waals surface area contributed by atoms with E-state index in [1.54, 1.807) is 0 Å². The van der Waals surface area contributed by atoms with E-state index in [-0.39, 0.29) is 20.0 Å². The van der Waals surface area contributed by atoms with Crippen LogP contribution >= 0.6 is 11.6 Å². The van der Waals surface area contributed by atoms with E-state index in [9.17, 15) is 10.0 Å². The number of carbonyl (C=O) groups is 1. The predicted octanol–water partition coefficient (Wildman–Crippen LogP) is 5.85. The standard InChI is InChI=1S/C30H37ClN4O3.CH4/c31-27-13-11-26(12-14-27)29(25-7-2-1-3-8-25)34-20-18-33(19-21-34)22-23-38-28-15-9-24(10-16-28)6-4-5-17-35(37)30(32)36;/h1-3,7-16,29,37H,4-6,17-23H2,(H2,32,36);1H4/t29-;/m1./s1. The molecule has 1 aliphatic heterocycles. The number of carbonyl (C=O) groups excluding carboxylic acids is 1. The van der Waals surface area contributed by atoms with Gasteiger partial charge in [-0.3, -0.25) is 15.0 Å². The van der Waals surface area contributed by atoms with E-state index < -0.39 is 6.03 Å². The van der Waals surface area contributed by atoms with Crippen molar-refractivity contribution in [2.24, 2.45) is 5.73 Å². The second kappa shape index (κ2) is 15.5. The highest BCUT2D eigenvalue weighted by Crippen LogP contribution is 2.30. The fourth-order valence-corrected chi connectivity index (χ4v) is 5.01. The Balaban J connectivity index is 0.00000420. The number of piperazine rings is 1. The normalized spacial score (nSPS) is 14.8. The molecule has 0 bridgehead atoms. The molecule has 8 heteroatoms. The zero-order chi connectivity index (χ0) is 26.7. The van der Waals surface area contributed by atoms with Gasteiger partial charge in [0.1, 0.15) is 12.4 Å². The molecule has 3 aromatic rings. The molecular formula is C31H41ClN4O3. The summed E-state index contributed by atoms with van der Waals surface area (Å²) in [6, 6.07) is 26.5. The molecule has 0 aliphatic carbocycles. The summed E-state index contributed by atoms with van der Waals surface area (Å²) in [5.41, 5.74) is 8.78. The van der Waals surface area contributed by atoms with Gasteiger partial charge in [-0.25, -0.2) is 9.86 Å². The molecule has 1 aliphatic rings. The summed E-state index contributed by atoms with van der Waals surface area (Å²) in [7, 11) is 0. The molecule has 1 saturated heterocycles. The quantitative estimate of drug-likeness (QED) is 0.167. The molecular weight excluding hydrogens is 512 g/mol. The molecule has 0 radical (unpaired) electrons. The number of primary amides is 1. The van der Waals surface area contributed by atoms with Gasteiger partial charge in [0.15, 0.2) is 0 Å². The Morgan fingerprint density at radius 1 is 0.923 bits per heavy atom. The lowest BCUT2D eigenvalue weighted by atomic mass is 9.96. The number of amides is 2. The van der Waals surface area contributed by atoms with Crippen molar-refractivity contribution in [3.63, 3.8) is 0 Å². The number of hydrogen-bond donors (Lipinski definition) is 2. The van der Waals surface area contributed by atoms with E-state index >= 15 is 0 Å². The lowest BCUT2D eigenvalue weighted by molar-refractivity contribution is -0.0402. The molecule has 3 N–H and O–H groups in total. The number of hydrogen-bond acceptors (Lipinski definition) is 5. The minimum Gasteiger partial charge on any atom is -0.492 e.